The highest BCUT2D eigenvalue weighted by Gasteiger charge is 2.24. The third-order valence-electron chi connectivity index (χ3n) is 2.74. The highest BCUT2D eigenvalue weighted by Crippen LogP contribution is 2.27. The van der Waals surface area contributed by atoms with Crippen molar-refractivity contribution < 1.29 is 17.8 Å². The number of hydrogen-bond acceptors (Lipinski definition) is 5. The topological polar surface area (TPSA) is 87.0 Å². The molecule has 2 rings (SSSR count). The first-order chi connectivity index (χ1) is 8.82. The first-order valence-electron chi connectivity index (χ1n) is 5.35. The molecule has 19 heavy (non-hydrogen) atoms. The quantitative estimate of drug-likeness (QED) is 0.674. The van der Waals surface area contributed by atoms with E-state index in [2.05, 4.69) is 5.10 Å². The monoisotopic (exact) mass is 302 g/mol. The number of hydrogen-bond donors (Lipinski definition) is 1. The predicted molar refractivity (Wildman–Crippen MR) is 71.3 cm³/mol. The van der Waals surface area contributed by atoms with Crippen LogP contribution in [0.4, 0.5) is 5.69 Å². The van der Waals surface area contributed by atoms with Crippen LogP contribution in [-0.2, 0) is 20.8 Å². The summed E-state index contributed by atoms with van der Waals surface area (Å²) in [5.41, 5.74) is 1.41. The molecule has 1 heterocycles. The molecule has 6 nitrogen and oxygen atoms in total. The lowest BCUT2D eigenvalue weighted by Gasteiger charge is -2.16. The standard InChI is InChI=1S/C11H11ClN2O4S/c1-7-11(15)6-14(13-7)10-3-2-9(19(16,17)18)4-8(10)5-12/h2-4H,5-6H2,1H3,(H,16,17,18). The van der Waals surface area contributed by atoms with E-state index in [9.17, 15) is 13.2 Å². The molecule has 1 aromatic carbocycles. The molecule has 0 bridgehead atoms. The van der Waals surface area contributed by atoms with Crippen LogP contribution in [0.25, 0.3) is 0 Å². The van der Waals surface area contributed by atoms with E-state index < -0.39 is 10.1 Å². The van der Waals surface area contributed by atoms with Crippen molar-refractivity contribution in [3.63, 3.8) is 0 Å². The van der Waals surface area contributed by atoms with Gasteiger partial charge in [-0.25, -0.2) is 0 Å². The second kappa shape index (κ2) is 4.92. The Morgan fingerprint density at radius 3 is 2.63 bits per heavy atom. The van der Waals surface area contributed by atoms with Crippen LogP contribution in [-0.4, -0.2) is 31.0 Å². The normalized spacial score (nSPS) is 15.8. The summed E-state index contributed by atoms with van der Waals surface area (Å²) >= 11 is 5.77. The van der Waals surface area contributed by atoms with Gasteiger partial charge in [-0.3, -0.25) is 14.4 Å². The van der Waals surface area contributed by atoms with Gasteiger partial charge in [-0.2, -0.15) is 13.5 Å². The Morgan fingerprint density at radius 2 is 2.16 bits per heavy atom. The van der Waals surface area contributed by atoms with Gasteiger partial charge in [0.1, 0.15) is 12.3 Å². The maximum atomic E-state index is 11.4. The fraction of sp³-hybridized carbons (Fsp3) is 0.273. The van der Waals surface area contributed by atoms with Gasteiger partial charge in [0.15, 0.2) is 5.78 Å². The molecule has 0 atom stereocenters. The van der Waals surface area contributed by atoms with Gasteiger partial charge in [-0.1, -0.05) is 0 Å². The van der Waals surface area contributed by atoms with Crippen molar-refractivity contribution in [3.8, 4) is 0 Å². The van der Waals surface area contributed by atoms with Crippen LogP contribution in [0.5, 0.6) is 0 Å². The van der Waals surface area contributed by atoms with E-state index in [-0.39, 0.29) is 23.1 Å². The number of nitrogens with zero attached hydrogens (tertiary/aromatic N) is 2. The number of benzene rings is 1. The average molecular weight is 303 g/mol. The van der Waals surface area contributed by atoms with Gasteiger partial charge in [0.2, 0.25) is 0 Å². The summed E-state index contributed by atoms with van der Waals surface area (Å²) in [7, 11) is -4.28. The van der Waals surface area contributed by atoms with Crippen LogP contribution in [0.3, 0.4) is 0 Å². The number of carbonyl (C=O) groups is 1. The predicted octanol–water partition coefficient (Wildman–Crippen LogP) is 1.44. The molecule has 0 saturated carbocycles. The fourth-order valence-electron chi connectivity index (χ4n) is 1.74. The zero-order chi connectivity index (χ0) is 14.2. The fourth-order valence-corrected chi connectivity index (χ4v) is 2.49. The van der Waals surface area contributed by atoms with E-state index in [0.29, 0.717) is 17.0 Å². The molecule has 0 spiro atoms. The smallest absolute Gasteiger partial charge is 0.291 e. The number of anilines is 1. The van der Waals surface area contributed by atoms with Crippen LogP contribution in [0.2, 0.25) is 0 Å². The number of rotatable bonds is 3. The SMILES string of the molecule is CC1=NN(c2ccc(S(=O)(=O)O)cc2CCl)CC1=O. The highest BCUT2D eigenvalue weighted by atomic mass is 35.5. The number of Topliss-reactive ketones (excluding diaryl/α,β-unsaturated/α-hetero) is 1. The molecule has 0 aliphatic carbocycles. The van der Waals surface area contributed by atoms with Crippen molar-refractivity contribution >= 4 is 38.9 Å². The van der Waals surface area contributed by atoms with Crippen LogP contribution in [0, 0.1) is 0 Å². The van der Waals surface area contributed by atoms with Crippen molar-refractivity contribution in [2.24, 2.45) is 5.10 Å². The van der Waals surface area contributed by atoms with Gasteiger partial charge in [0.05, 0.1) is 10.6 Å². The lowest BCUT2D eigenvalue weighted by Crippen LogP contribution is -2.19. The van der Waals surface area contributed by atoms with E-state index >= 15 is 0 Å². The van der Waals surface area contributed by atoms with Crippen molar-refractivity contribution in [1.29, 1.82) is 0 Å². The zero-order valence-electron chi connectivity index (χ0n) is 10.00. The Balaban J connectivity index is 2.46. The van der Waals surface area contributed by atoms with Gasteiger partial charge in [0, 0.05) is 5.88 Å². The molecule has 0 unspecified atom stereocenters. The van der Waals surface area contributed by atoms with Gasteiger partial charge in [-0.05, 0) is 30.7 Å². The molecule has 8 heteroatoms. The second-order valence-electron chi connectivity index (χ2n) is 4.07. The van der Waals surface area contributed by atoms with Gasteiger partial charge < -0.3 is 0 Å². The molecular weight excluding hydrogens is 292 g/mol. The molecule has 1 aliphatic heterocycles. The first-order valence-corrected chi connectivity index (χ1v) is 7.32. The lowest BCUT2D eigenvalue weighted by atomic mass is 10.2. The largest absolute Gasteiger partial charge is 0.294 e. The van der Waals surface area contributed by atoms with Gasteiger partial charge in [-0.15, -0.1) is 11.6 Å². The lowest BCUT2D eigenvalue weighted by molar-refractivity contribution is -0.111. The Morgan fingerprint density at radius 1 is 1.47 bits per heavy atom. The molecule has 1 N–H and O–H groups in total. The summed E-state index contributed by atoms with van der Waals surface area (Å²) in [5, 5.41) is 5.53. The summed E-state index contributed by atoms with van der Waals surface area (Å²) in [6.45, 7) is 1.70. The number of hydrazone groups is 1. The Hall–Kier alpha value is -1.44. The number of halogens is 1. The van der Waals surface area contributed by atoms with Crippen molar-refractivity contribution in [1.82, 2.24) is 0 Å². The minimum absolute atomic E-state index is 0.0396. The van der Waals surface area contributed by atoms with E-state index in [0.717, 1.165) is 0 Å². The minimum atomic E-state index is -4.28. The van der Waals surface area contributed by atoms with Gasteiger partial charge in [0.25, 0.3) is 10.1 Å². The first kappa shape index (κ1) is 14.0. The second-order valence-corrected chi connectivity index (χ2v) is 5.75. The van der Waals surface area contributed by atoms with E-state index in [1.807, 2.05) is 0 Å². The molecule has 1 aliphatic rings. The molecular formula is C11H11ClN2O4S. The van der Waals surface area contributed by atoms with E-state index in [1.165, 1.54) is 23.2 Å². The molecule has 1 aromatic rings. The molecule has 0 radical (unpaired) electrons. The molecule has 102 valence electrons. The van der Waals surface area contributed by atoms with E-state index in [1.54, 1.807) is 6.92 Å². The maximum Gasteiger partial charge on any atom is 0.294 e. The Kier molecular flexibility index (Phi) is 3.62. The van der Waals surface area contributed by atoms with Crippen molar-refractivity contribution in [2.75, 3.05) is 11.6 Å². The molecule has 0 amide bonds. The van der Waals surface area contributed by atoms with Crippen LogP contribution < -0.4 is 5.01 Å². The molecule has 0 fully saturated rings. The third-order valence-corrected chi connectivity index (χ3v) is 3.88. The third kappa shape index (κ3) is 2.78. The Labute approximate surface area is 115 Å². The Bertz CT molecular complexity index is 669. The van der Waals surface area contributed by atoms with Crippen LogP contribution in [0.1, 0.15) is 12.5 Å². The average Bonchev–Trinajstić information content (AvgIpc) is 2.67. The summed E-state index contributed by atoms with van der Waals surface area (Å²) in [6.07, 6.45) is 0. The summed E-state index contributed by atoms with van der Waals surface area (Å²) in [5.74, 6) is -0.0582. The zero-order valence-corrected chi connectivity index (χ0v) is 11.6. The molecule has 0 saturated heterocycles. The van der Waals surface area contributed by atoms with Crippen molar-refractivity contribution in [3.05, 3.63) is 23.8 Å². The number of carbonyl (C=O) groups excluding carboxylic acids is 1. The summed E-state index contributed by atoms with van der Waals surface area (Å²) in [6, 6.07) is 3.98. The molecule has 0 aromatic heterocycles. The number of alkyl halides is 1. The maximum absolute atomic E-state index is 11.4. The van der Waals surface area contributed by atoms with Crippen LogP contribution >= 0.6 is 11.6 Å². The van der Waals surface area contributed by atoms with Gasteiger partial charge >= 0.3 is 0 Å². The summed E-state index contributed by atoms with van der Waals surface area (Å²) in [4.78, 5) is 11.2. The number of ketones is 1. The van der Waals surface area contributed by atoms with Crippen LogP contribution in [0.15, 0.2) is 28.2 Å². The van der Waals surface area contributed by atoms with E-state index in [4.69, 9.17) is 16.2 Å². The highest BCUT2D eigenvalue weighted by molar-refractivity contribution is 7.85. The minimum Gasteiger partial charge on any atom is -0.291 e. The van der Waals surface area contributed by atoms with Crippen molar-refractivity contribution in [2.45, 2.75) is 17.7 Å². The summed E-state index contributed by atoms with van der Waals surface area (Å²) < 4.78 is 31.1.